The van der Waals surface area contributed by atoms with E-state index < -0.39 is 4.92 Å². The number of benzene rings is 3. The van der Waals surface area contributed by atoms with Crippen molar-refractivity contribution in [3.05, 3.63) is 87.1 Å². The summed E-state index contributed by atoms with van der Waals surface area (Å²) < 4.78 is 1.47. The van der Waals surface area contributed by atoms with E-state index in [2.05, 4.69) is 26.9 Å². The molecule has 14 heteroatoms. The molecule has 1 aromatic heterocycles. The van der Waals surface area contributed by atoms with Gasteiger partial charge in [0.05, 0.1) is 29.0 Å². The normalized spacial score (nSPS) is 11.7. The van der Waals surface area contributed by atoms with E-state index in [4.69, 9.17) is 4.94 Å². The molecule has 2 amide bonds. The van der Waals surface area contributed by atoms with Gasteiger partial charge in [-0.05, 0) is 67.3 Å². The number of nitro benzene ring substituents is 1. The van der Waals surface area contributed by atoms with E-state index in [9.17, 15) is 29.3 Å². The number of nitro groups is 1. The number of aldehydes is 1. The van der Waals surface area contributed by atoms with E-state index in [1.807, 2.05) is 24.3 Å². The van der Waals surface area contributed by atoms with E-state index in [1.54, 1.807) is 31.2 Å². The molecule has 232 valence electrons. The predicted molar refractivity (Wildman–Crippen MR) is 168 cm³/mol. The van der Waals surface area contributed by atoms with Crippen molar-refractivity contribution in [3.8, 4) is 0 Å². The standard InChI is InChI=1S/C31H31N7O7/c1-19-23(24-14-21(17-39)6-10-26(24)37(19)18-40)16-29(42)33-13-3-2-12-32-28(41)15-20-4-7-22(8-5-20)34-25-9-11-27(38(43)44)31-30(25)35-45-36-31/h4-11,14,17-18,34-36H,2-3,12-13,15-16H2,1H3,(H,32,41)(H,33,42). The Morgan fingerprint density at radius 1 is 0.933 bits per heavy atom. The molecule has 2 heterocycles. The van der Waals surface area contributed by atoms with Crippen LogP contribution in [0.25, 0.3) is 10.9 Å². The molecule has 0 spiro atoms. The summed E-state index contributed by atoms with van der Waals surface area (Å²) in [5.74, 6) is -0.321. The summed E-state index contributed by atoms with van der Waals surface area (Å²) in [6, 6.07) is 15.2. The lowest BCUT2D eigenvalue weighted by Crippen LogP contribution is -2.29. The molecule has 0 unspecified atom stereocenters. The molecule has 1 aliphatic heterocycles. The third kappa shape index (κ3) is 6.91. The molecule has 3 aromatic carbocycles. The summed E-state index contributed by atoms with van der Waals surface area (Å²) in [6.07, 6.45) is 3.04. The van der Waals surface area contributed by atoms with Crippen LogP contribution < -0.4 is 26.9 Å². The minimum atomic E-state index is -0.502. The largest absolute Gasteiger partial charge is 0.356 e. The Morgan fingerprint density at radius 2 is 1.62 bits per heavy atom. The van der Waals surface area contributed by atoms with E-state index in [-0.39, 0.29) is 36.0 Å². The number of nitrogens with zero attached hydrogens (tertiary/aromatic N) is 2. The van der Waals surface area contributed by atoms with E-state index >= 15 is 0 Å². The quantitative estimate of drug-likeness (QED) is 0.0604. The van der Waals surface area contributed by atoms with Crippen molar-refractivity contribution >= 4 is 63.9 Å². The summed E-state index contributed by atoms with van der Waals surface area (Å²) >= 11 is 0. The highest BCUT2D eigenvalue weighted by atomic mass is 16.8. The molecule has 45 heavy (non-hydrogen) atoms. The Balaban J connectivity index is 1.03. The summed E-state index contributed by atoms with van der Waals surface area (Å²) in [5.41, 5.74) is 10.2. The lowest BCUT2D eigenvalue weighted by Gasteiger charge is -2.11. The summed E-state index contributed by atoms with van der Waals surface area (Å²) in [6.45, 7) is 2.66. The van der Waals surface area contributed by atoms with Gasteiger partial charge in [0.25, 0.3) is 5.69 Å². The lowest BCUT2D eigenvalue weighted by atomic mass is 10.1. The number of carbonyl (C=O) groups is 4. The van der Waals surface area contributed by atoms with Crippen LogP contribution in [0.4, 0.5) is 28.4 Å². The second-order valence-corrected chi connectivity index (χ2v) is 10.5. The molecule has 0 radical (unpaired) electrons. The van der Waals surface area contributed by atoms with Gasteiger partial charge in [0, 0.05) is 41.5 Å². The van der Waals surface area contributed by atoms with Gasteiger partial charge in [0.15, 0.2) is 5.69 Å². The van der Waals surface area contributed by atoms with Crippen LogP contribution in [-0.4, -0.2) is 47.1 Å². The van der Waals surface area contributed by atoms with Gasteiger partial charge in [-0.3, -0.25) is 33.9 Å². The van der Waals surface area contributed by atoms with Gasteiger partial charge in [-0.25, -0.2) is 11.0 Å². The maximum atomic E-state index is 12.6. The van der Waals surface area contributed by atoms with Gasteiger partial charge in [0.1, 0.15) is 12.0 Å². The molecular weight excluding hydrogens is 582 g/mol. The van der Waals surface area contributed by atoms with Gasteiger partial charge < -0.3 is 16.0 Å². The van der Waals surface area contributed by atoms with Gasteiger partial charge >= 0.3 is 0 Å². The molecule has 1 aliphatic rings. The fourth-order valence-electron chi connectivity index (χ4n) is 5.18. The van der Waals surface area contributed by atoms with Crippen LogP contribution in [0.5, 0.6) is 0 Å². The van der Waals surface area contributed by atoms with E-state index in [1.165, 1.54) is 10.6 Å². The number of unbranched alkanes of at least 4 members (excludes halogenated alkanes) is 1. The van der Waals surface area contributed by atoms with Crippen molar-refractivity contribution < 1.29 is 29.0 Å². The van der Waals surface area contributed by atoms with Crippen LogP contribution in [-0.2, 0) is 32.2 Å². The van der Waals surface area contributed by atoms with Crippen molar-refractivity contribution in [2.45, 2.75) is 32.6 Å². The first-order chi connectivity index (χ1) is 21.8. The van der Waals surface area contributed by atoms with Crippen LogP contribution >= 0.6 is 0 Å². The molecule has 0 saturated heterocycles. The fraction of sp³-hybridized carbons (Fsp3) is 0.226. The minimum Gasteiger partial charge on any atom is -0.356 e. The predicted octanol–water partition coefficient (Wildman–Crippen LogP) is 3.93. The van der Waals surface area contributed by atoms with Crippen molar-refractivity contribution in [3.63, 3.8) is 0 Å². The number of carbonyl (C=O) groups excluding carboxylic acids is 4. The molecule has 0 bridgehead atoms. The zero-order chi connectivity index (χ0) is 31.9. The summed E-state index contributed by atoms with van der Waals surface area (Å²) in [7, 11) is 0. The smallest absolute Gasteiger partial charge is 0.297 e. The number of nitrogens with one attached hydrogen (secondary N) is 5. The average molecular weight is 614 g/mol. The maximum Gasteiger partial charge on any atom is 0.297 e. The molecule has 0 fully saturated rings. The molecular formula is C31H31N7O7. The average Bonchev–Trinajstić information content (AvgIpc) is 3.62. The number of hydrogen-bond donors (Lipinski definition) is 5. The number of hydrogen-bond acceptors (Lipinski definition) is 10. The number of rotatable bonds is 14. The van der Waals surface area contributed by atoms with E-state index in [0.29, 0.717) is 71.4 Å². The molecule has 4 aromatic rings. The highest BCUT2D eigenvalue weighted by Crippen LogP contribution is 2.42. The second kappa shape index (κ2) is 13.7. The summed E-state index contributed by atoms with van der Waals surface area (Å²) in [5, 5.41) is 20.9. The van der Waals surface area contributed by atoms with Crippen LogP contribution in [0.1, 0.15) is 40.0 Å². The van der Waals surface area contributed by atoms with Crippen LogP contribution in [0.2, 0.25) is 0 Å². The second-order valence-electron chi connectivity index (χ2n) is 10.5. The fourth-order valence-corrected chi connectivity index (χ4v) is 5.18. The first-order valence-electron chi connectivity index (χ1n) is 14.2. The van der Waals surface area contributed by atoms with Gasteiger partial charge in [-0.15, -0.1) is 0 Å². The van der Waals surface area contributed by atoms with Gasteiger partial charge in [-0.2, -0.15) is 4.94 Å². The third-order valence-electron chi connectivity index (χ3n) is 7.51. The number of fused-ring (bicyclic) bond motifs is 2. The third-order valence-corrected chi connectivity index (χ3v) is 7.51. The Morgan fingerprint density at radius 3 is 2.29 bits per heavy atom. The topological polar surface area (TPSA) is 186 Å². The Labute approximate surface area is 257 Å². The zero-order valence-electron chi connectivity index (χ0n) is 24.3. The van der Waals surface area contributed by atoms with Crippen LogP contribution in [0.3, 0.4) is 0 Å². The monoisotopic (exact) mass is 613 g/mol. The molecule has 5 rings (SSSR count). The van der Waals surface area contributed by atoms with Gasteiger partial charge in [0.2, 0.25) is 18.2 Å². The minimum absolute atomic E-state index is 0.0785. The Bertz CT molecular complexity index is 1780. The van der Waals surface area contributed by atoms with Gasteiger partial charge in [-0.1, -0.05) is 12.1 Å². The lowest BCUT2D eigenvalue weighted by molar-refractivity contribution is -0.384. The molecule has 0 saturated carbocycles. The molecule has 14 nitrogen and oxygen atoms in total. The highest BCUT2D eigenvalue weighted by Gasteiger charge is 2.26. The van der Waals surface area contributed by atoms with Crippen LogP contribution in [0.15, 0.2) is 54.6 Å². The van der Waals surface area contributed by atoms with Crippen molar-refractivity contribution in [1.29, 1.82) is 0 Å². The maximum absolute atomic E-state index is 12.6. The molecule has 0 atom stereocenters. The van der Waals surface area contributed by atoms with Crippen molar-refractivity contribution in [1.82, 2.24) is 15.2 Å². The van der Waals surface area contributed by atoms with Crippen LogP contribution in [0, 0.1) is 17.0 Å². The highest BCUT2D eigenvalue weighted by molar-refractivity contribution is 5.96. The number of aromatic nitrogens is 1. The van der Waals surface area contributed by atoms with E-state index in [0.717, 1.165) is 17.5 Å². The number of amides is 2. The Hall–Kier alpha value is -5.76. The Kier molecular flexibility index (Phi) is 9.34. The first-order valence-corrected chi connectivity index (χ1v) is 14.2. The first kappa shape index (κ1) is 30.7. The van der Waals surface area contributed by atoms with Crippen molar-refractivity contribution in [2.24, 2.45) is 0 Å². The zero-order valence-corrected chi connectivity index (χ0v) is 24.3. The summed E-state index contributed by atoms with van der Waals surface area (Å²) in [4.78, 5) is 63.5. The molecule has 5 N–H and O–H groups in total. The SMILES string of the molecule is Cc1c(CC(=O)NCCCCNC(=O)Cc2ccc(Nc3ccc([N+](=O)[O-])c4c3NON4)cc2)c2cc(C=O)ccc2n1C=O. The van der Waals surface area contributed by atoms with Crippen molar-refractivity contribution in [2.75, 3.05) is 29.4 Å². The number of anilines is 4. The molecule has 0 aliphatic carbocycles.